The molecule has 1 unspecified atom stereocenters. The maximum atomic E-state index is 13.9. The summed E-state index contributed by atoms with van der Waals surface area (Å²) < 4.78 is 28.4. The van der Waals surface area contributed by atoms with Crippen LogP contribution in [0.5, 0.6) is 5.75 Å². The number of pyridine rings is 1. The van der Waals surface area contributed by atoms with Crippen molar-refractivity contribution >= 4 is 11.8 Å². The van der Waals surface area contributed by atoms with Gasteiger partial charge in [0.2, 0.25) is 5.43 Å². The zero-order valence-electron chi connectivity index (χ0n) is 19.3. The van der Waals surface area contributed by atoms with E-state index in [9.17, 15) is 28.3 Å². The molecule has 0 spiro atoms. The fraction of sp³-hybridized carbons (Fsp3) is 0.458. The lowest BCUT2D eigenvalue weighted by molar-refractivity contribution is -0.0318. The van der Waals surface area contributed by atoms with Crippen LogP contribution in [-0.2, 0) is 13.1 Å². The molecular formula is C24H28F2N4O4. The number of aromatic hydroxyl groups is 1. The van der Waals surface area contributed by atoms with E-state index in [0.717, 1.165) is 19.2 Å². The second-order valence-electron chi connectivity index (χ2n) is 9.53. The molecule has 8 nitrogen and oxygen atoms in total. The zero-order valence-corrected chi connectivity index (χ0v) is 19.3. The van der Waals surface area contributed by atoms with Gasteiger partial charge >= 0.3 is 0 Å². The summed E-state index contributed by atoms with van der Waals surface area (Å²) in [6.45, 7) is 8.35. The first kappa shape index (κ1) is 23.9. The van der Waals surface area contributed by atoms with Gasteiger partial charge in [-0.05, 0) is 17.9 Å². The number of amides is 2. The van der Waals surface area contributed by atoms with Crippen molar-refractivity contribution in [3.05, 3.63) is 63.1 Å². The molecule has 2 N–H and O–H groups in total. The molecule has 2 atom stereocenters. The maximum Gasteiger partial charge on any atom is 0.275 e. The van der Waals surface area contributed by atoms with Gasteiger partial charge in [0.15, 0.2) is 11.4 Å². The van der Waals surface area contributed by atoms with E-state index in [1.54, 1.807) is 4.90 Å². The van der Waals surface area contributed by atoms with E-state index in [1.807, 2.05) is 0 Å². The minimum atomic E-state index is -0.973. The molecule has 2 aliphatic heterocycles. The molecular weight excluding hydrogens is 446 g/mol. The number of hydrogen-bond donors (Lipinski definition) is 2. The number of halogens is 2. The lowest BCUT2D eigenvalue weighted by Gasteiger charge is -2.49. The fourth-order valence-corrected chi connectivity index (χ4v) is 4.76. The summed E-state index contributed by atoms with van der Waals surface area (Å²) in [7, 11) is 0. The van der Waals surface area contributed by atoms with Gasteiger partial charge in [0.05, 0.1) is 6.54 Å². The minimum Gasteiger partial charge on any atom is -0.503 e. The van der Waals surface area contributed by atoms with Gasteiger partial charge in [0, 0.05) is 44.0 Å². The molecule has 4 rings (SSSR count). The second kappa shape index (κ2) is 9.17. The first-order valence-corrected chi connectivity index (χ1v) is 11.3. The van der Waals surface area contributed by atoms with Gasteiger partial charge < -0.3 is 19.9 Å². The first-order chi connectivity index (χ1) is 16.1. The van der Waals surface area contributed by atoms with Gasteiger partial charge in [-0.3, -0.25) is 19.3 Å². The van der Waals surface area contributed by atoms with Gasteiger partial charge in [0.1, 0.15) is 23.4 Å². The minimum absolute atomic E-state index is 0.0449. The Balaban J connectivity index is 1.63. The van der Waals surface area contributed by atoms with E-state index in [2.05, 4.69) is 31.0 Å². The molecule has 2 aromatic rings. The van der Waals surface area contributed by atoms with E-state index in [0.29, 0.717) is 25.1 Å². The van der Waals surface area contributed by atoms with Gasteiger partial charge in [-0.15, -0.1) is 0 Å². The smallest absolute Gasteiger partial charge is 0.275 e. The third-order valence-corrected chi connectivity index (χ3v) is 6.21. The van der Waals surface area contributed by atoms with Crippen LogP contribution in [0.4, 0.5) is 8.78 Å². The predicted octanol–water partition coefficient (Wildman–Crippen LogP) is 2.15. The molecule has 0 saturated carbocycles. The van der Waals surface area contributed by atoms with Gasteiger partial charge in [-0.25, -0.2) is 8.78 Å². The molecule has 1 saturated heterocycles. The Kier molecular flexibility index (Phi) is 6.44. The Morgan fingerprint density at radius 2 is 1.94 bits per heavy atom. The summed E-state index contributed by atoms with van der Waals surface area (Å²) in [5, 5.41) is 13.0. The summed E-state index contributed by atoms with van der Waals surface area (Å²) in [6.07, 6.45) is 1.01. The number of benzene rings is 1. The van der Waals surface area contributed by atoms with Crippen LogP contribution in [-0.4, -0.2) is 57.1 Å². The average molecular weight is 475 g/mol. The Bertz CT molecular complexity index is 1190. The second-order valence-corrected chi connectivity index (χ2v) is 9.53. The predicted molar refractivity (Wildman–Crippen MR) is 120 cm³/mol. The van der Waals surface area contributed by atoms with Gasteiger partial charge in [-0.1, -0.05) is 26.8 Å². The molecule has 10 heteroatoms. The largest absolute Gasteiger partial charge is 0.503 e. The molecule has 34 heavy (non-hydrogen) atoms. The number of nitrogens with one attached hydrogen (secondary N) is 1. The van der Waals surface area contributed by atoms with Crippen molar-refractivity contribution < 1.29 is 23.5 Å². The Morgan fingerprint density at radius 1 is 1.21 bits per heavy atom. The third-order valence-electron chi connectivity index (χ3n) is 6.21. The van der Waals surface area contributed by atoms with E-state index < -0.39 is 34.6 Å². The van der Waals surface area contributed by atoms with Crippen molar-refractivity contribution in [1.29, 1.82) is 0 Å². The molecule has 1 aromatic heterocycles. The zero-order chi connectivity index (χ0) is 24.7. The molecule has 3 heterocycles. The number of hydrogen-bond acceptors (Lipinski definition) is 5. The van der Waals surface area contributed by atoms with E-state index in [-0.39, 0.29) is 35.4 Å². The van der Waals surface area contributed by atoms with Crippen LogP contribution in [0, 0.1) is 23.5 Å². The average Bonchev–Trinajstić information content (AvgIpc) is 2.75. The summed E-state index contributed by atoms with van der Waals surface area (Å²) in [4.78, 5) is 42.7. The van der Waals surface area contributed by atoms with Crippen molar-refractivity contribution in [3.63, 3.8) is 0 Å². The molecule has 2 aliphatic rings. The highest BCUT2D eigenvalue weighted by atomic mass is 19.1. The molecule has 2 amide bonds. The lowest BCUT2D eigenvalue weighted by atomic mass is 10.0. The molecule has 0 bridgehead atoms. The van der Waals surface area contributed by atoms with Gasteiger partial charge in [0.25, 0.3) is 11.8 Å². The highest BCUT2D eigenvalue weighted by Crippen LogP contribution is 2.30. The van der Waals surface area contributed by atoms with Crippen molar-refractivity contribution in [2.24, 2.45) is 11.8 Å². The monoisotopic (exact) mass is 474 g/mol. The standard InChI is InChI=1S/C24H28F2N4O4/c1-13(2)8-28-9-14(3)10-30-19(28)12-29-11-17(21(31)22(32)20(29)24(30)34)23(33)27-7-15-4-5-16(25)6-18(15)26/h4-6,11,13-14,19,32H,7-10,12H2,1-3H3,(H,27,33)/t14-,19?/m1/s1. The van der Waals surface area contributed by atoms with Crippen LogP contribution in [0.2, 0.25) is 0 Å². The van der Waals surface area contributed by atoms with Crippen molar-refractivity contribution in [2.75, 3.05) is 19.6 Å². The topological polar surface area (TPSA) is 94.9 Å². The lowest BCUT2D eigenvalue weighted by Crippen LogP contribution is -2.63. The highest BCUT2D eigenvalue weighted by Gasteiger charge is 2.42. The summed E-state index contributed by atoms with van der Waals surface area (Å²) in [6, 6.07) is 2.96. The van der Waals surface area contributed by atoms with Crippen LogP contribution < -0.4 is 10.7 Å². The molecule has 0 aliphatic carbocycles. The van der Waals surface area contributed by atoms with E-state index >= 15 is 0 Å². The quantitative estimate of drug-likeness (QED) is 0.693. The Labute approximate surface area is 195 Å². The van der Waals surface area contributed by atoms with Crippen molar-refractivity contribution in [2.45, 2.75) is 40.0 Å². The molecule has 1 aromatic carbocycles. The summed E-state index contributed by atoms with van der Waals surface area (Å²) in [5.41, 5.74) is -1.42. The first-order valence-electron chi connectivity index (χ1n) is 11.3. The highest BCUT2D eigenvalue weighted by molar-refractivity contribution is 5.99. The number of carbonyl (C=O) groups excluding carboxylic acids is 2. The van der Waals surface area contributed by atoms with Crippen LogP contribution in [0.1, 0.15) is 47.2 Å². The van der Waals surface area contributed by atoms with Crippen molar-refractivity contribution in [1.82, 2.24) is 19.7 Å². The van der Waals surface area contributed by atoms with Crippen LogP contribution in [0.25, 0.3) is 0 Å². The number of carbonyl (C=O) groups is 2. The van der Waals surface area contributed by atoms with E-state index in [4.69, 9.17) is 0 Å². The van der Waals surface area contributed by atoms with Crippen LogP contribution in [0.15, 0.2) is 29.2 Å². The fourth-order valence-electron chi connectivity index (χ4n) is 4.76. The molecule has 182 valence electrons. The van der Waals surface area contributed by atoms with Crippen molar-refractivity contribution in [3.8, 4) is 5.75 Å². The maximum absolute atomic E-state index is 13.9. The third kappa shape index (κ3) is 4.42. The van der Waals surface area contributed by atoms with Crippen LogP contribution >= 0.6 is 0 Å². The van der Waals surface area contributed by atoms with Gasteiger partial charge in [-0.2, -0.15) is 0 Å². The number of rotatable bonds is 5. The molecule has 1 fully saturated rings. The summed E-state index contributed by atoms with van der Waals surface area (Å²) >= 11 is 0. The number of fused-ring (bicyclic) bond motifs is 2. The summed E-state index contributed by atoms with van der Waals surface area (Å²) in [5.74, 6) is -3.02. The Morgan fingerprint density at radius 3 is 2.62 bits per heavy atom. The normalized spacial score (nSPS) is 20.3. The number of nitrogens with zero attached hydrogens (tertiary/aromatic N) is 3. The van der Waals surface area contributed by atoms with Crippen LogP contribution in [0.3, 0.4) is 0 Å². The number of aromatic nitrogens is 1. The molecule has 0 radical (unpaired) electrons. The van der Waals surface area contributed by atoms with E-state index in [1.165, 1.54) is 16.8 Å². The SMILES string of the molecule is CC(C)CN1C[C@@H](C)CN2C(=O)c3c(O)c(=O)c(C(=O)NCc4ccc(F)cc4F)cn3CC12. The Hall–Kier alpha value is -3.27.